The van der Waals surface area contributed by atoms with Crippen molar-refractivity contribution >= 4 is 11.9 Å². The third-order valence-corrected chi connectivity index (χ3v) is 13.9. The molecule has 0 aromatic rings. The Hall–Kier alpha value is -1.14. The quantitative estimate of drug-likeness (QED) is 0.0417. The molecule has 0 aromatic carbocycles. The molecule has 0 saturated carbocycles. The minimum Gasteiger partial charge on any atom is -0.466 e. The Morgan fingerprint density at radius 1 is 0.375 bits per heavy atom. The van der Waals surface area contributed by atoms with E-state index < -0.39 is 12.1 Å². The van der Waals surface area contributed by atoms with Crippen molar-refractivity contribution in [1.29, 1.82) is 0 Å². The fraction of sp³-hybridized carbons (Fsp3) is 0.966. The molecule has 0 aliphatic carbocycles. The van der Waals surface area contributed by atoms with E-state index in [2.05, 4.69) is 19.2 Å². The molecule has 0 aromatic heterocycles. The van der Waals surface area contributed by atoms with Crippen molar-refractivity contribution < 1.29 is 24.5 Å². The number of carbonyl (C=O) groups excluding carboxylic acids is 2. The molecule has 0 aliphatic rings. The molecular weight excluding hydrogens is 791 g/mol. The van der Waals surface area contributed by atoms with Crippen LogP contribution in [0.5, 0.6) is 0 Å². The van der Waals surface area contributed by atoms with Gasteiger partial charge >= 0.3 is 5.97 Å². The van der Waals surface area contributed by atoms with Crippen LogP contribution in [0.2, 0.25) is 0 Å². The summed E-state index contributed by atoms with van der Waals surface area (Å²) >= 11 is 0. The third kappa shape index (κ3) is 50.3. The van der Waals surface area contributed by atoms with E-state index in [1.54, 1.807) is 0 Å². The monoisotopic (exact) mass is 906 g/mol. The molecule has 382 valence electrons. The first-order valence-electron chi connectivity index (χ1n) is 29.3. The summed E-state index contributed by atoms with van der Waals surface area (Å²) in [7, 11) is 0. The maximum absolute atomic E-state index is 12.4. The van der Waals surface area contributed by atoms with Crippen molar-refractivity contribution in [2.75, 3.05) is 13.2 Å². The van der Waals surface area contributed by atoms with E-state index in [9.17, 15) is 19.8 Å². The van der Waals surface area contributed by atoms with E-state index in [1.807, 2.05) is 0 Å². The van der Waals surface area contributed by atoms with Crippen LogP contribution in [-0.2, 0) is 14.3 Å². The number of hydrogen-bond donors (Lipinski definition) is 3. The molecule has 0 heterocycles. The van der Waals surface area contributed by atoms with E-state index >= 15 is 0 Å². The Kier molecular flexibility index (Phi) is 53.5. The second-order valence-corrected chi connectivity index (χ2v) is 20.3. The standard InChI is InChI=1S/C58H115NO5/c1-3-5-7-9-11-13-15-16-17-25-28-32-36-40-44-48-52-58(63)64-53-49-45-41-37-33-29-26-23-21-19-18-20-22-24-27-31-35-39-43-47-51-57(62)59-55(54-60)56(61)50-46-42-38-34-30-14-12-10-8-6-4-2/h55-56,60-61H,3-54H2,1-2H3,(H,59,62). The Morgan fingerprint density at radius 2 is 0.641 bits per heavy atom. The van der Waals surface area contributed by atoms with Gasteiger partial charge in [0.1, 0.15) is 0 Å². The Morgan fingerprint density at radius 3 is 0.953 bits per heavy atom. The fourth-order valence-corrected chi connectivity index (χ4v) is 9.41. The maximum Gasteiger partial charge on any atom is 0.305 e. The first-order chi connectivity index (χ1) is 31.5. The molecule has 1 amide bonds. The van der Waals surface area contributed by atoms with Gasteiger partial charge in [0.05, 0.1) is 25.4 Å². The Balaban J connectivity index is 3.34. The lowest BCUT2D eigenvalue weighted by Crippen LogP contribution is -2.45. The van der Waals surface area contributed by atoms with E-state index in [-0.39, 0.29) is 18.5 Å². The summed E-state index contributed by atoms with van der Waals surface area (Å²) in [6.07, 6.45) is 62.4. The van der Waals surface area contributed by atoms with Gasteiger partial charge in [-0.15, -0.1) is 0 Å². The number of hydrogen-bond acceptors (Lipinski definition) is 5. The van der Waals surface area contributed by atoms with E-state index in [0.29, 0.717) is 25.9 Å². The third-order valence-electron chi connectivity index (χ3n) is 13.9. The number of amides is 1. The number of aliphatic hydroxyl groups excluding tert-OH is 2. The van der Waals surface area contributed by atoms with E-state index in [4.69, 9.17) is 4.74 Å². The Labute approximate surface area is 400 Å². The van der Waals surface area contributed by atoms with Gasteiger partial charge in [-0.05, 0) is 25.7 Å². The average Bonchev–Trinajstić information content (AvgIpc) is 3.29. The van der Waals surface area contributed by atoms with Gasteiger partial charge in [-0.2, -0.15) is 0 Å². The fourth-order valence-electron chi connectivity index (χ4n) is 9.41. The van der Waals surface area contributed by atoms with E-state index in [1.165, 1.54) is 263 Å². The SMILES string of the molecule is CCCCCCCCCCCCCCCCCCC(=O)OCCCCCCCCCCCCCCCCCCCCCCC(=O)NC(CO)C(O)CCCCCCCCCCCCC. The molecule has 2 atom stereocenters. The number of aliphatic hydroxyl groups is 2. The van der Waals surface area contributed by atoms with Crippen molar-refractivity contribution in [2.24, 2.45) is 0 Å². The van der Waals surface area contributed by atoms with Crippen molar-refractivity contribution in [3.05, 3.63) is 0 Å². The van der Waals surface area contributed by atoms with Gasteiger partial charge in [0.25, 0.3) is 0 Å². The number of rotatable bonds is 55. The van der Waals surface area contributed by atoms with Crippen LogP contribution in [0, 0.1) is 0 Å². The molecule has 0 rings (SSSR count). The first-order valence-corrected chi connectivity index (χ1v) is 29.3. The predicted molar refractivity (Wildman–Crippen MR) is 278 cm³/mol. The summed E-state index contributed by atoms with van der Waals surface area (Å²) in [6, 6.07) is -0.540. The minimum absolute atomic E-state index is 0.0148. The zero-order chi connectivity index (χ0) is 46.5. The van der Waals surface area contributed by atoms with Crippen LogP contribution in [-0.4, -0.2) is 47.4 Å². The molecule has 0 aliphatic heterocycles. The number of esters is 1. The van der Waals surface area contributed by atoms with Crippen molar-refractivity contribution in [2.45, 2.75) is 347 Å². The minimum atomic E-state index is -0.662. The number of nitrogens with one attached hydrogen (secondary N) is 1. The normalized spacial score (nSPS) is 12.5. The number of unbranched alkanes of at least 4 members (excludes halogenated alkanes) is 44. The average molecular weight is 907 g/mol. The molecule has 6 nitrogen and oxygen atoms in total. The van der Waals surface area contributed by atoms with E-state index in [0.717, 1.165) is 38.5 Å². The van der Waals surface area contributed by atoms with Gasteiger partial charge in [0, 0.05) is 12.8 Å². The molecule has 0 spiro atoms. The molecular formula is C58H115NO5. The zero-order valence-electron chi connectivity index (χ0n) is 43.5. The Bertz CT molecular complexity index is 913. The summed E-state index contributed by atoms with van der Waals surface area (Å²) in [5, 5.41) is 23.2. The number of carbonyl (C=O) groups is 2. The summed E-state index contributed by atoms with van der Waals surface area (Å²) in [5.41, 5.74) is 0. The highest BCUT2D eigenvalue weighted by atomic mass is 16.5. The molecule has 0 bridgehead atoms. The predicted octanol–water partition coefficient (Wildman–Crippen LogP) is 17.9. The molecule has 0 fully saturated rings. The van der Waals surface area contributed by atoms with Crippen LogP contribution >= 0.6 is 0 Å². The second kappa shape index (κ2) is 54.5. The van der Waals surface area contributed by atoms with Gasteiger partial charge in [0.15, 0.2) is 0 Å². The topological polar surface area (TPSA) is 95.9 Å². The molecule has 3 N–H and O–H groups in total. The highest BCUT2D eigenvalue weighted by Gasteiger charge is 2.20. The lowest BCUT2D eigenvalue weighted by molar-refractivity contribution is -0.143. The van der Waals surface area contributed by atoms with Crippen LogP contribution in [0.25, 0.3) is 0 Å². The summed E-state index contributed by atoms with van der Waals surface area (Å²) < 4.78 is 5.49. The van der Waals surface area contributed by atoms with Gasteiger partial charge in [0.2, 0.25) is 5.91 Å². The molecule has 2 unspecified atom stereocenters. The van der Waals surface area contributed by atoms with Gasteiger partial charge in [-0.25, -0.2) is 0 Å². The van der Waals surface area contributed by atoms with Crippen molar-refractivity contribution in [1.82, 2.24) is 5.32 Å². The van der Waals surface area contributed by atoms with Crippen molar-refractivity contribution in [3.8, 4) is 0 Å². The molecule has 0 radical (unpaired) electrons. The molecule has 64 heavy (non-hydrogen) atoms. The molecule has 0 saturated heterocycles. The van der Waals surface area contributed by atoms with Crippen LogP contribution in [0.3, 0.4) is 0 Å². The van der Waals surface area contributed by atoms with Crippen LogP contribution in [0.1, 0.15) is 335 Å². The van der Waals surface area contributed by atoms with Gasteiger partial charge in [-0.1, -0.05) is 296 Å². The van der Waals surface area contributed by atoms with Crippen LogP contribution < -0.4 is 5.32 Å². The highest BCUT2D eigenvalue weighted by molar-refractivity contribution is 5.76. The van der Waals surface area contributed by atoms with Crippen molar-refractivity contribution in [3.63, 3.8) is 0 Å². The molecule has 6 heteroatoms. The zero-order valence-corrected chi connectivity index (χ0v) is 43.5. The lowest BCUT2D eigenvalue weighted by atomic mass is 10.0. The first kappa shape index (κ1) is 62.9. The lowest BCUT2D eigenvalue weighted by Gasteiger charge is -2.22. The summed E-state index contributed by atoms with van der Waals surface area (Å²) in [4.78, 5) is 24.5. The summed E-state index contributed by atoms with van der Waals surface area (Å²) in [6.45, 7) is 4.96. The maximum atomic E-state index is 12.4. The smallest absolute Gasteiger partial charge is 0.305 e. The van der Waals surface area contributed by atoms with Crippen LogP contribution in [0.4, 0.5) is 0 Å². The van der Waals surface area contributed by atoms with Gasteiger partial charge in [-0.3, -0.25) is 9.59 Å². The largest absolute Gasteiger partial charge is 0.466 e. The second-order valence-electron chi connectivity index (χ2n) is 20.3. The summed E-state index contributed by atoms with van der Waals surface area (Å²) in [5.74, 6) is -0.0212. The van der Waals surface area contributed by atoms with Crippen LogP contribution in [0.15, 0.2) is 0 Å². The number of ether oxygens (including phenoxy) is 1. The highest BCUT2D eigenvalue weighted by Crippen LogP contribution is 2.18. The van der Waals surface area contributed by atoms with Gasteiger partial charge < -0.3 is 20.3 Å².